The van der Waals surface area contributed by atoms with Gasteiger partial charge in [-0.2, -0.15) is 0 Å². The van der Waals surface area contributed by atoms with Gasteiger partial charge in [0.05, 0.1) is 16.8 Å². The largest absolute Gasteiger partial charge is 0.443 e. The lowest BCUT2D eigenvalue weighted by Crippen LogP contribution is -2.42. The number of nitrogens with zero attached hydrogens (tertiary/aromatic N) is 1. The standard InChI is InChI=1S/C20H20BrClFNO2/c1-20(2,3)26-19(25)24-17(13-6-4-5-7-16(13)23)9-8-12-10-15(22)14(21)11-18(12)24/h4-7,10-11,17H,8-9H2,1-3H3. The van der Waals surface area contributed by atoms with E-state index in [1.807, 2.05) is 26.8 Å². The summed E-state index contributed by atoms with van der Waals surface area (Å²) in [6.45, 7) is 5.43. The van der Waals surface area contributed by atoms with E-state index in [-0.39, 0.29) is 5.82 Å². The van der Waals surface area contributed by atoms with Crippen LogP contribution in [-0.2, 0) is 11.2 Å². The third-order valence-corrected chi connectivity index (χ3v) is 5.43. The van der Waals surface area contributed by atoms with Gasteiger partial charge in [0.2, 0.25) is 0 Å². The van der Waals surface area contributed by atoms with Crippen LogP contribution in [0.2, 0.25) is 5.02 Å². The van der Waals surface area contributed by atoms with Gasteiger partial charge in [-0.1, -0.05) is 29.8 Å². The zero-order valence-electron chi connectivity index (χ0n) is 14.9. The van der Waals surface area contributed by atoms with Crippen LogP contribution in [-0.4, -0.2) is 11.7 Å². The van der Waals surface area contributed by atoms with Crippen molar-refractivity contribution < 1.29 is 13.9 Å². The van der Waals surface area contributed by atoms with Crippen LogP contribution >= 0.6 is 27.5 Å². The molecule has 0 saturated heterocycles. The summed E-state index contributed by atoms with van der Waals surface area (Å²) in [4.78, 5) is 14.5. The maximum Gasteiger partial charge on any atom is 0.415 e. The molecule has 0 radical (unpaired) electrons. The van der Waals surface area contributed by atoms with Gasteiger partial charge >= 0.3 is 6.09 Å². The van der Waals surface area contributed by atoms with E-state index in [2.05, 4.69) is 15.9 Å². The van der Waals surface area contributed by atoms with Gasteiger partial charge in [-0.05, 0) is 73.3 Å². The third-order valence-electron chi connectivity index (χ3n) is 4.23. The fourth-order valence-electron chi connectivity index (χ4n) is 3.17. The summed E-state index contributed by atoms with van der Waals surface area (Å²) >= 11 is 9.63. The second-order valence-electron chi connectivity index (χ2n) is 7.32. The van der Waals surface area contributed by atoms with E-state index < -0.39 is 17.7 Å². The molecule has 2 aromatic carbocycles. The maximum absolute atomic E-state index is 14.5. The first kappa shape index (κ1) is 19.2. The third kappa shape index (κ3) is 3.89. The van der Waals surface area contributed by atoms with Gasteiger partial charge in [-0.3, -0.25) is 4.90 Å². The van der Waals surface area contributed by atoms with Crippen LogP contribution in [0, 0.1) is 5.82 Å². The summed E-state index contributed by atoms with van der Waals surface area (Å²) in [7, 11) is 0. The minimum Gasteiger partial charge on any atom is -0.443 e. The number of fused-ring (bicyclic) bond motifs is 1. The molecule has 1 atom stereocenters. The van der Waals surface area contributed by atoms with Gasteiger partial charge < -0.3 is 4.74 Å². The SMILES string of the molecule is CC(C)(C)OC(=O)N1c2cc(Br)c(Cl)cc2CCC1c1ccccc1F. The number of benzene rings is 2. The molecule has 0 aliphatic carbocycles. The minimum absolute atomic E-state index is 0.331. The van der Waals surface area contributed by atoms with Crippen molar-refractivity contribution in [1.29, 1.82) is 0 Å². The van der Waals surface area contributed by atoms with Gasteiger partial charge in [-0.25, -0.2) is 9.18 Å². The van der Waals surface area contributed by atoms with Crippen molar-refractivity contribution in [1.82, 2.24) is 0 Å². The van der Waals surface area contributed by atoms with E-state index in [0.29, 0.717) is 33.6 Å². The Morgan fingerprint density at radius 1 is 1.31 bits per heavy atom. The summed E-state index contributed by atoms with van der Waals surface area (Å²) in [6, 6.07) is 9.75. The first-order valence-electron chi connectivity index (χ1n) is 8.42. The molecule has 3 rings (SSSR count). The molecule has 138 valence electrons. The Morgan fingerprint density at radius 3 is 2.65 bits per heavy atom. The molecular weight excluding hydrogens is 421 g/mol. The van der Waals surface area contributed by atoms with Crippen molar-refractivity contribution in [2.75, 3.05) is 4.90 Å². The highest BCUT2D eigenvalue weighted by atomic mass is 79.9. The molecule has 0 fully saturated rings. The molecular formula is C20H20BrClFNO2. The highest BCUT2D eigenvalue weighted by Crippen LogP contribution is 2.43. The second-order valence-corrected chi connectivity index (χ2v) is 8.58. The highest BCUT2D eigenvalue weighted by Gasteiger charge is 2.36. The Kier molecular flexibility index (Phi) is 5.31. The fourth-order valence-corrected chi connectivity index (χ4v) is 3.69. The predicted molar refractivity (Wildman–Crippen MR) is 105 cm³/mol. The lowest BCUT2D eigenvalue weighted by molar-refractivity contribution is 0.0559. The monoisotopic (exact) mass is 439 g/mol. The van der Waals surface area contributed by atoms with Crippen LogP contribution in [0.1, 0.15) is 44.4 Å². The van der Waals surface area contributed by atoms with E-state index in [4.69, 9.17) is 16.3 Å². The highest BCUT2D eigenvalue weighted by molar-refractivity contribution is 9.10. The van der Waals surface area contributed by atoms with Gasteiger partial charge in [0.25, 0.3) is 0 Å². The summed E-state index contributed by atoms with van der Waals surface area (Å²) in [5, 5.41) is 0.581. The molecule has 2 aromatic rings. The smallest absolute Gasteiger partial charge is 0.415 e. The van der Waals surface area contributed by atoms with E-state index in [1.165, 1.54) is 6.07 Å². The van der Waals surface area contributed by atoms with Crippen molar-refractivity contribution in [3.63, 3.8) is 0 Å². The Morgan fingerprint density at radius 2 is 2.00 bits per heavy atom. The van der Waals surface area contributed by atoms with E-state index in [0.717, 1.165) is 5.56 Å². The van der Waals surface area contributed by atoms with Crippen molar-refractivity contribution in [3.8, 4) is 0 Å². The molecule has 0 N–H and O–H groups in total. The minimum atomic E-state index is -0.655. The number of rotatable bonds is 1. The summed E-state index contributed by atoms with van der Waals surface area (Å²) in [5.74, 6) is -0.331. The van der Waals surface area contributed by atoms with Crippen LogP contribution in [0.15, 0.2) is 40.9 Å². The van der Waals surface area contributed by atoms with Crippen molar-refractivity contribution in [3.05, 3.63) is 62.8 Å². The molecule has 0 aromatic heterocycles. The van der Waals surface area contributed by atoms with E-state index in [9.17, 15) is 9.18 Å². The molecule has 1 aliphatic rings. The number of amides is 1. The lowest BCUT2D eigenvalue weighted by atomic mass is 9.91. The molecule has 6 heteroatoms. The van der Waals surface area contributed by atoms with E-state index in [1.54, 1.807) is 29.2 Å². The normalized spacial score (nSPS) is 17.0. The maximum atomic E-state index is 14.5. The summed E-state index contributed by atoms with van der Waals surface area (Å²) < 4.78 is 20.8. The Labute approximate surface area is 166 Å². The quantitative estimate of drug-likeness (QED) is 0.495. The average molecular weight is 441 g/mol. The lowest BCUT2D eigenvalue weighted by Gasteiger charge is -2.38. The van der Waals surface area contributed by atoms with Gasteiger partial charge in [0.15, 0.2) is 0 Å². The number of hydrogen-bond acceptors (Lipinski definition) is 2. The molecule has 0 bridgehead atoms. The van der Waals surface area contributed by atoms with Crippen molar-refractivity contribution in [2.24, 2.45) is 0 Å². The number of carbonyl (C=O) groups is 1. The average Bonchev–Trinajstić information content (AvgIpc) is 2.54. The molecule has 1 aliphatic heterocycles. The van der Waals surface area contributed by atoms with Crippen LogP contribution in [0.5, 0.6) is 0 Å². The number of ether oxygens (including phenoxy) is 1. The number of hydrogen-bond donors (Lipinski definition) is 0. The molecule has 1 heterocycles. The Balaban J connectivity index is 2.11. The van der Waals surface area contributed by atoms with Gasteiger partial charge in [0, 0.05) is 10.0 Å². The number of anilines is 1. The van der Waals surface area contributed by atoms with Crippen LogP contribution in [0.25, 0.3) is 0 Å². The molecule has 3 nitrogen and oxygen atoms in total. The zero-order chi connectivity index (χ0) is 19.1. The summed E-state index contributed by atoms with van der Waals surface area (Å²) in [6.07, 6.45) is 0.784. The summed E-state index contributed by atoms with van der Waals surface area (Å²) in [5.41, 5.74) is 1.46. The second kappa shape index (κ2) is 7.20. The Bertz CT molecular complexity index is 850. The predicted octanol–water partition coefficient (Wildman–Crippen LogP) is 6.67. The first-order chi connectivity index (χ1) is 12.2. The van der Waals surface area contributed by atoms with Crippen LogP contribution < -0.4 is 4.90 Å². The van der Waals surface area contributed by atoms with Crippen molar-refractivity contribution in [2.45, 2.75) is 45.3 Å². The van der Waals surface area contributed by atoms with Crippen molar-refractivity contribution >= 4 is 39.3 Å². The van der Waals surface area contributed by atoms with E-state index >= 15 is 0 Å². The molecule has 0 spiro atoms. The molecule has 1 unspecified atom stereocenters. The number of carbonyl (C=O) groups excluding carboxylic acids is 1. The Hall–Kier alpha value is -1.59. The van der Waals surface area contributed by atoms with Crippen LogP contribution in [0.4, 0.5) is 14.9 Å². The first-order valence-corrected chi connectivity index (χ1v) is 9.59. The molecule has 1 amide bonds. The molecule has 26 heavy (non-hydrogen) atoms. The fraction of sp³-hybridized carbons (Fsp3) is 0.350. The van der Waals surface area contributed by atoms with Gasteiger partial charge in [0.1, 0.15) is 11.4 Å². The van der Waals surface area contributed by atoms with Crippen LogP contribution in [0.3, 0.4) is 0 Å². The topological polar surface area (TPSA) is 29.5 Å². The van der Waals surface area contributed by atoms with Gasteiger partial charge in [-0.15, -0.1) is 0 Å². The zero-order valence-corrected chi connectivity index (χ0v) is 17.2. The number of aryl methyl sites for hydroxylation is 1. The number of halogens is 3. The molecule has 0 saturated carbocycles.